The van der Waals surface area contributed by atoms with Crippen molar-refractivity contribution in [1.82, 2.24) is 14.9 Å². The van der Waals surface area contributed by atoms with Crippen LogP contribution >= 0.6 is 11.8 Å². The molecule has 0 radical (unpaired) electrons. The Morgan fingerprint density at radius 1 is 1.26 bits per heavy atom. The molecule has 3 rings (SSSR count). The van der Waals surface area contributed by atoms with Gasteiger partial charge in [-0.15, -0.1) is 11.8 Å². The van der Waals surface area contributed by atoms with Crippen LogP contribution in [0.25, 0.3) is 11.6 Å². The fourth-order valence-electron chi connectivity index (χ4n) is 2.68. The Bertz CT molecular complexity index is 992. The molecule has 136 valence electrons. The van der Waals surface area contributed by atoms with Gasteiger partial charge in [0.05, 0.1) is 29.2 Å². The van der Waals surface area contributed by atoms with Crippen LogP contribution in [0, 0.1) is 18.3 Å². The lowest BCUT2D eigenvalue weighted by Crippen LogP contribution is -2.28. The molecular weight excluding hydrogens is 360 g/mol. The average molecular weight is 378 g/mol. The number of carbonyl (C=O) groups is 1. The highest BCUT2D eigenvalue weighted by Gasteiger charge is 2.22. The summed E-state index contributed by atoms with van der Waals surface area (Å²) in [6, 6.07) is 12.8. The third-order valence-corrected chi connectivity index (χ3v) is 4.74. The van der Waals surface area contributed by atoms with Gasteiger partial charge in [-0.25, -0.2) is 9.97 Å². The van der Waals surface area contributed by atoms with Crippen molar-refractivity contribution in [2.24, 2.45) is 0 Å². The minimum Gasteiger partial charge on any atom is -0.461 e. The Labute approximate surface area is 161 Å². The molecule has 3 aromatic rings. The number of amides is 1. The van der Waals surface area contributed by atoms with E-state index in [0.717, 1.165) is 5.56 Å². The van der Waals surface area contributed by atoms with Crippen molar-refractivity contribution in [2.75, 3.05) is 13.3 Å². The van der Waals surface area contributed by atoms with Crippen LogP contribution < -0.4 is 0 Å². The molecule has 0 atom stereocenters. The zero-order valence-corrected chi connectivity index (χ0v) is 16.1. The van der Waals surface area contributed by atoms with Gasteiger partial charge >= 0.3 is 0 Å². The quantitative estimate of drug-likeness (QED) is 0.494. The Morgan fingerprint density at radius 3 is 2.59 bits per heavy atom. The van der Waals surface area contributed by atoms with Crippen LogP contribution in [0.5, 0.6) is 0 Å². The van der Waals surface area contributed by atoms with Crippen LogP contribution in [0.2, 0.25) is 0 Å². The van der Waals surface area contributed by atoms with Crippen LogP contribution in [0.15, 0.2) is 52.1 Å². The van der Waals surface area contributed by atoms with E-state index >= 15 is 0 Å². The number of thioether (sulfide) groups is 1. The molecule has 0 spiro atoms. The monoisotopic (exact) mass is 378 g/mol. The summed E-state index contributed by atoms with van der Waals surface area (Å²) < 4.78 is 5.37. The first-order valence-electron chi connectivity index (χ1n) is 8.24. The number of aryl methyl sites for hydroxylation is 1. The highest BCUT2D eigenvalue weighted by Crippen LogP contribution is 2.26. The molecule has 2 aromatic heterocycles. The fraction of sp³-hybridized carbons (Fsp3) is 0.200. The van der Waals surface area contributed by atoms with Crippen LogP contribution in [0.1, 0.15) is 27.2 Å². The van der Waals surface area contributed by atoms with Gasteiger partial charge in [0, 0.05) is 13.6 Å². The molecule has 0 saturated heterocycles. The van der Waals surface area contributed by atoms with Gasteiger partial charge in [0.15, 0.2) is 11.6 Å². The molecule has 0 aliphatic heterocycles. The summed E-state index contributed by atoms with van der Waals surface area (Å²) in [6.07, 6.45) is 3.45. The van der Waals surface area contributed by atoms with Gasteiger partial charge in [0.25, 0.3) is 5.91 Å². The summed E-state index contributed by atoms with van der Waals surface area (Å²) in [5.74, 6) is 0.888. The van der Waals surface area contributed by atoms with E-state index in [-0.39, 0.29) is 5.91 Å². The molecule has 27 heavy (non-hydrogen) atoms. The normalized spacial score (nSPS) is 10.4. The molecule has 1 amide bonds. The summed E-state index contributed by atoms with van der Waals surface area (Å²) >= 11 is 1.40. The first-order valence-corrected chi connectivity index (χ1v) is 9.47. The molecular formula is C20H18N4O2S. The SMILES string of the molecule is CSc1nc(-c2ccco2)nc(C)c1C(=O)N(C)Cc1ccc(C#N)cc1. The fourth-order valence-corrected chi connectivity index (χ4v) is 3.29. The molecule has 0 saturated carbocycles. The number of nitriles is 1. The largest absolute Gasteiger partial charge is 0.461 e. The number of carbonyl (C=O) groups excluding carboxylic acids is 1. The zero-order valence-electron chi connectivity index (χ0n) is 15.3. The van der Waals surface area contributed by atoms with Crippen LogP contribution in [-0.2, 0) is 6.54 Å². The van der Waals surface area contributed by atoms with Crippen molar-refractivity contribution >= 4 is 17.7 Å². The van der Waals surface area contributed by atoms with Gasteiger partial charge in [-0.1, -0.05) is 12.1 Å². The molecule has 0 unspecified atom stereocenters. The van der Waals surface area contributed by atoms with Crippen molar-refractivity contribution in [2.45, 2.75) is 18.5 Å². The first kappa shape index (κ1) is 18.7. The topological polar surface area (TPSA) is 83.0 Å². The minimum atomic E-state index is -0.146. The summed E-state index contributed by atoms with van der Waals surface area (Å²) in [7, 11) is 1.74. The van der Waals surface area contributed by atoms with Gasteiger partial charge in [0.2, 0.25) is 0 Å². The molecule has 0 fully saturated rings. The summed E-state index contributed by atoms with van der Waals surface area (Å²) in [6.45, 7) is 2.23. The number of benzene rings is 1. The summed E-state index contributed by atoms with van der Waals surface area (Å²) in [5, 5.41) is 9.51. The zero-order chi connectivity index (χ0) is 19.4. The van der Waals surface area contributed by atoms with Gasteiger partial charge in [-0.3, -0.25) is 4.79 Å². The maximum atomic E-state index is 13.0. The number of furan rings is 1. The lowest BCUT2D eigenvalue weighted by atomic mass is 10.1. The molecule has 1 aromatic carbocycles. The van der Waals surface area contributed by atoms with Crippen LogP contribution in [0.3, 0.4) is 0 Å². The van der Waals surface area contributed by atoms with Gasteiger partial charge in [-0.2, -0.15) is 5.26 Å². The Hall–Kier alpha value is -3.11. The van der Waals surface area contributed by atoms with Gasteiger partial charge in [0.1, 0.15) is 5.03 Å². The number of hydrogen-bond acceptors (Lipinski definition) is 6. The van der Waals surface area contributed by atoms with Crippen molar-refractivity contribution in [3.8, 4) is 17.7 Å². The Kier molecular flexibility index (Phi) is 5.57. The predicted molar refractivity (Wildman–Crippen MR) is 103 cm³/mol. The Morgan fingerprint density at radius 2 is 2.00 bits per heavy atom. The Balaban J connectivity index is 1.87. The number of hydrogen-bond donors (Lipinski definition) is 0. The molecule has 0 aliphatic rings. The second-order valence-electron chi connectivity index (χ2n) is 5.96. The molecule has 0 aliphatic carbocycles. The smallest absolute Gasteiger partial charge is 0.258 e. The van der Waals surface area contributed by atoms with E-state index < -0.39 is 0 Å². The predicted octanol–water partition coefficient (Wildman–Crippen LogP) is 3.91. The number of aromatic nitrogens is 2. The second kappa shape index (κ2) is 8.06. The van der Waals surface area contributed by atoms with E-state index in [0.29, 0.717) is 40.0 Å². The molecule has 2 heterocycles. The average Bonchev–Trinajstić information content (AvgIpc) is 3.22. The summed E-state index contributed by atoms with van der Waals surface area (Å²) in [4.78, 5) is 23.6. The third-order valence-electron chi connectivity index (χ3n) is 4.05. The number of nitrogens with zero attached hydrogens (tertiary/aromatic N) is 4. The van der Waals surface area contributed by atoms with Crippen LogP contribution in [-0.4, -0.2) is 34.1 Å². The minimum absolute atomic E-state index is 0.146. The lowest BCUT2D eigenvalue weighted by molar-refractivity contribution is 0.0779. The van der Waals surface area contributed by atoms with E-state index in [2.05, 4.69) is 16.0 Å². The first-order chi connectivity index (χ1) is 13.0. The molecule has 0 bridgehead atoms. The van der Waals surface area contributed by atoms with Crippen molar-refractivity contribution in [3.05, 3.63) is 65.0 Å². The third kappa shape index (κ3) is 4.01. The maximum absolute atomic E-state index is 13.0. The molecule has 6 nitrogen and oxygen atoms in total. The highest BCUT2D eigenvalue weighted by molar-refractivity contribution is 7.98. The van der Waals surface area contributed by atoms with E-state index in [1.807, 2.05) is 18.4 Å². The molecule has 7 heteroatoms. The van der Waals surface area contributed by atoms with Gasteiger partial charge in [-0.05, 0) is 43.0 Å². The van der Waals surface area contributed by atoms with E-state index in [1.54, 1.807) is 49.4 Å². The van der Waals surface area contributed by atoms with Crippen molar-refractivity contribution < 1.29 is 9.21 Å². The second-order valence-corrected chi connectivity index (χ2v) is 6.76. The highest BCUT2D eigenvalue weighted by atomic mass is 32.2. The van der Waals surface area contributed by atoms with Crippen molar-refractivity contribution in [1.29, 1.82) is 5.26 Å². The van der Waals surface area contributed by atoms with E-state index in [9.17, 15) is 4.79 Å². The van der Waals surface area contributed by atoms with E-state index in [1.165, 1.54) is 11.8 Å². The lowest BCUT2D eigenvalue weighted by Gasteiger charge is -2.20. The number of rotatable bonds is 5. The van der Waals surface area contributed by atoms with Gasteiger partial charge < -0.3 is 9.32 Å². The van der Waals surface area contributed by atoms with Crippen LogP contribution in [0.4, 0.5) is 0 Å². The molecule has 0 N–H and O–H groups in total. The maximum Gasteiger partial charge on any atom is 0.258 e. The standard InChI is InChI=1S/C20H18N4O2S/c1-13-17(19(27-3)23-18(22-13)16-5-4-10-26-16)20(25)24(2)12-15-8-6-14(11-21)7-9-15/h4-10H,12H2,1-3H3. The van der Waals surface area contributed by atoms with E-state index in [4.69, 9.17) is 9.68 Å². The van der Waals surface area contributed by atoms with Crippen molar-refractivity contribution in [3.63, 3.8) is 0 Å². The summed E-state index contributed by atoms with van der Waals surface area (Å²) in [5.41, 5.74) is 2.64.